The van der Waals surface area contributed by atoms with E-state index in [4.69, 9.17) is 5.21 Å². The van der Waals surface area contributed by atoms with Crippen LogP contribution >= 0.6 is 0 Å². The molecular weight excluding hydrogens is 304 g/mol. The highest BCUT2D eigenvalue weighted by Crippen LogP contribution is 2.27. The largest absolute Gasteiger partial charge is 0.315 e. The zero-order valence-electron chi connectivity index (χ0n) is 13.8. The summed E-state index contributed by atoms with van der Waals surface area (Å²) in [5.74, 6) is 0.207. The summed E-state index contributed by atoms with van der Waals surface area (Å²) in [7, 11) is 0. The minimum Gasteiger partial charge on any atom is -0.315 e. The number of carbonyl (C=O) groups excluding carboxylic acids is 1. The van der Waals surface area contributed by atoms with Crippen molar-refractivity contribution in [3.05, 3.63) is 46.4 Å². The summed E-state index contributed by atoms with van der Waals surface area (Å²) in [6.07, 6.45) is 10.7. The summed E-state index contributed by atoms with van der Waals surface area (Å²) < 4.78 is 1.73. The second-order valence-electron chi connectivity index (χ2n) is 6.70. The Bertz CT molecular complexity index is 776. The van der Waals surface area contributed by atoms with E-state index in [1.54, 1.807) is 28.2 Å². The lowest BCUT2D eigenvalue weighted by molar-refractivity contribution is 0.0706. The minimum absolute atomic E-state index is 0.0799. The van der Waals surface area contributed by atoms with Gasteiger partial charge >= 0.3 is 0 Å². The highest BCUT2D eigenvalue weighted by atomic mass is 16.5. The first-order valence-corrected chi connectivity index (χ1v) is 8.76. The van der Waals surface area contributed by atoms with Crippen molar-refractivity contribution in [3.63, 3.8) is 0 Å². The van der Waals surface area contributed by atoms with Crippen LogP contribution in [-0.4, -0.2) is 15.7 Å². The van der Waals surface area contributed by atoms with Gasteiger partial charge in [0.2, 0.25) is 0 Å². The van der Waals surface area contributed by atoms with Gasteiger partial charge in [0.25, 0.3) is 11.5 Å². The fourth-order valence-corrected chi connectivity index (χ4v) is 3.69. The topological polar surface area (TPSA) is 71.3 Å². The molecule has 2 N–H and O–H groups in total. The minimum atomic E-state index is -0.607. The van der Waals surface area contributed by atoms with E-state index in [0.29, 0.717) is 11.9 Å². The molecule has 2 aromatic rings. The first-order valence-electron chi connectivity index (χ1n) is 8.76. The Morgan fingerprint density at radius 2 is 2.00 bits per heavy atom. The second-order valence-corrected chi connectivity index (χ2v) is 6.70. The molecule has 128 valence electrons. The third-order valence-electron chi connectivity index (χ3n) is 5.08. The van der Waals surface area contributed by atoms with Gasteiger partial charge in [-0.05, 0) is 42.3 Å². The van der Waals surface area contributed by atoms with Crippen molar-refractivity contribution < 1.29 is 10.0 Å². The van der Waals surface area contributed by atoms with Crippen molar-refractivity contribution >= 4 is 16.7 Å². The Hall–Kier alpha value is -2.14. The number of carbonyl (C=O) groups is 1. The van der Waals surface area contributed by atoms with E-state index >= 15 is 0 Å². The molecule has 1 saturated carbocycles. The predicted octanol–water partition coefficient (Wildman–Crippen LogP) is 3.48. The van der Waals surface area contributed by atoms with Gasteiger partial charge in [0, 0.05) is 23.7 Å². The number of pyridine rings is 1. The molecule has 5 heteroatoms. The van der Waals surface area contributed by atoms with Gasteiger partial charge in [0.05, 0.1) is 0 Å². The molecule has 0 radical (unpaired) electrons. The van der Waals surface area contributed by atoms with E-state index in [0.717, 1.165) is 17.7 Å². The summed E-state index contributed by atoms with van der Waals surface area (Å²) in [6, 6.07) is 6.77. The number of amides is 1. The average Bonchev–Trinajstić information content (AvgIpc) is 2.63. The van der Waals surface area contributed by atoms with Crippen LogP contribution in [0, 0.1) is 5.92 Å². The number of nitrogens with one attached hydrogen (secondary N) is 1. The number of nitrogens with zero attached hydrogens (tertiary/aromatic N) is 1. The first-order chi connectivity index (χ1) is 11.7. The summed E-state index contributed by atoms with van der Waals surface area (Å²) >= 11 is 0. The molecule has 1 heterocycles. The molecule has 1 fully saturated rings. The fourth-order valence-electron chi connectivity index (χ4n) is 3.69. The van der Waals surface area contributed by atoms with Gasteiger partial charge in [0.15, 0.2) is 0 Å². The van der Waals surface area contributed by atoms with Crippen LogP contribution in [0.3, 0.4) is 0 Å². The molecule has 1 aromatic heterocycles. The van der Waals surface area contributed by atoms with E-state index in [9.17, 15) is 9.59 Å². The zero-order chi connectivity index (χ0) is 16.9. The highest BCUT2D eigenvalue weighted by molar-refractivity contribution is 5.97. The number of aromatic nitrogens is 1. The Balaban J connectivity index is 1.74. The van der Waals surface area contributed by atoms with Gasteiger partial charge in [-0.3, -0.25) is 14.8 Å². The molecule has 3 rings (SSSR count). The average molecular weight is 328 g/mol. The Labute approximate surface area is 141 Å². The number of hydrogen-bond donors (Lipinski definition) is 2. The van der Waals surface area contributed by atoms with E-state index in [2.05, 4.69) is 0 Å². The third-order valence-corrected chi connectivity index (χ3v) is 5.08. The summed E-state index contributed by atoms with van der Waals surface area (Å²) in [5, 5.41) is 10.1. The fraction of sp³-hybridized carbons (Fsp3) is 0.474. The highest BCUT2D eigenvalue weighted by Gasteiger charge is 2.13. The number of hydrogen-bond acceptors (Lipinski definition) is 3. The Kier molecular flexibility index (Phi) is 5.30. The van der Waals surface area contributed by atoms with Gasteiger partial charge in [-0.15, -0.1) is 0 Å². The predicted molar refractivity (Wildman–Crippen MR) is 93.3 cm³/mol. The van der Waals surface area contributed by atoms with Crippen molar-refractivity contribution in [3.8, 4) is 0 Å². The van der Waals surface area contributed by atoms with Gasteiger partial charge in [-0.25, -0.2) is 5.48 Å². The molecular formula is C19H24N2O3. The van der Waals surface area contributed by atoms with Crippen LogP contribution in [0.4, 0.5) is 0 Å². The molecule has 0 spiro atoms. The molecule has 1 aromatic carbocycles. The molecule has 0 unspecified atom stereocenters. The number of aryl methyl sites for hydroxylation is 1. The van der Waals surface area contributed by atoms with Gasteiger partial charge in [0.1, 0.15) is 0 Å². The molecule has 0 atom stereocenters. The maximum Gasteiger partial charge on any atom is 0.274 e. The van der Waals surface area contributed by atoms with Crippen LogP contribution in [0.1, 0.15) is 55.3 Å². The molecule has 24 heavy (non-hydrogen) atoms. The first kappa shape index (κ1) is 16.7. The summed E-state index contributed by atoms with van der Waals surface area (Å²) in [4.78, 5) is 24.2. The van der Waals surface area contributed by atoms with E-state index < -0.39 is 5.91 Å². The van der Waals surface area contributed by atoms with Crippen molar-refractivity contribution in [2.24, 2.45) is 5.92 Å². The lowest BCUT2D eigenvalue weighted by Gasteiger charge is -2.21. The third kappa shape index (κ3) is 3.67. The summed E-state index contributed by atoms with van der Waals surface area (Å²) in [5.41, 5.74) is 1.80. The van der Waals surface area contributed by atoms with Crippen LogP contribution in [0.25, 0.3) is 10.8 Å². The van der Waals surface area contributed by atoms with Gasteiger partial charge in [-0.1, -0.05) is 38.2 Å². The summed E-state index contributed by atoms with van der Waals surface area (Å²) in [6.45, 7) is 0.710. The van der Waals surface area contributed by atoms with Crippen molar-refractivity contribution in [1.29, 1.82) is 0 Å². The number of fused-ring (bicyclic) bond motifs is 1. The molecule has 5 nitrogen and oxygen atoms in total. The number of hydroxylamine groups is 1. The molecule has 0 saturated heterocycles. The van der Waals surface area contributed by atoms with Crippen LogP contribution < -0.4 is 11.0 Å². The zero-order valence-corrected chi connectivity index (χ0v) is 13.8. The van der Waals surface area contributed by atoms with Crippen molar-refractivity contribution in [2.45, 2.75) is 51.5 Å². The Morgan fingerprint density at radius 1 is 1.21 bits per heavy atom. The van der Waals surface area contributed by atoms with Crippen LogP contribution in [0.15, 0.2) is 35.3 Å². The normalized spacial score (nSPS) is 15.5. The maximum absolute atomic E-state index is 12.6. The molecule has 1 amide bonds. The molecule has 1 aliphatic carbocycles. The van der Waals surface area contributed by atoms with Crippen molar-refractivity contribution in [2.75, 3.05) is 0 Å². The Morgan fingerprint density at radius 3 is 2.75 bits per heavy atom. The monoisotopic (exact) mass is 328 g/mol. The number of rotatable bonds is 5. The number of benzene rings is 1. The lowest BCUT2D eigenvalue weighted by atomic mass is 9.86. The molecule has 0 aliphatic heterocycles. The van der Waals surface area contributed by atoms with E-state index in [1.165, 1.54) is 38.5 Å². The quantitative estimate of drug-likeness (QED) is 0.652. The van der Waals surface area contributed by atoms with E-state index in [1.807, 2.05) is 12.3 Å². The SMILES string of the molecule is O=C(NO)c1ccc2ccn(CCCC3CCCCC3)c(=O)c2c1. The standard InChI is InChI=1S/C19H24N2O3/c22-18(20-24)16-9-8-15-10-12-21(19(23)17(15)13-16)11-4-7-14-5-2-1-3-6-14/h8-10,12-14,24H,1-7,11H2,(H,20,22). The van der Waals surface area contributed by atoms with Gasteiger partial charge < -0.3 is 4.57 Å². The van der Waals surface area contributed by atoms with Crippen LogP contribution in [0.2, 0.25) is 0 Å². The van der Waals surface area contributed by atoms with Crippen molar-refractivity contribution in [1.82, 2.24) is 10.0 Å². The molecule has 0 bridgehead atoms. The second kappa shape index (κ2) is 7.62. The lowest BCUT2D eigenvalue weighted by Crippen LogP contribution is -2.22. The van der Waals surface area contributed by atoms with Crippen LogP contribution in [0.5, 0.6) is 0 Å². The molecule has 1 aliphatic rings. The smallest absolute Gasteiger partial charge is 0.274 e. The maximum atomic E-state index is 12.6. The van der Waals surface area contributed by atoms with E-state index in [-0.39, 0.29) is 11.1 Å². The van der Waals surface area contributed by atoms with Crippen LogP contribution in [-0.2, 0) is 6.54 Å². The van der Waals surface area contributed by atoms with Gasteiger partial charge in [-0.2, -0.15) is 0 Å².